The molecule has 0 saturated carbocycles. The Morgan fingerprint density at radius 3 is 2.24 bits per heavy atom. The number of unbranched alkanes of at least 4 members (excludes halogenated alkanes) is 6. The fourth-order valence-electron chi connectivity index (χ4n) is 2.56. The van der Waals surface area contributed by atoms with Crippen molar-refractivity contribution in [1.29, 1.82) is 0 Å². The van der Waals surface area contributed by atoms with E-state index in [4.69, 9.17) is 0 Å². The Bertz CT molecular complexity index is 348. The summed E-state index contributed by atoms with van der Waals surface area (Å²) in [6.45, 7) is 7.52. The summed E-state index contributed by atoms with van der Waals surface area (Å²) in [7, 11) is 0. The Morgan fingerprint density at radius 2 is 1.62 bits per heavy atom. The second kappa shape index (κ2) is 11.7. The van der Waals surface area contributed by atoms with Crippen LogP contribution in [0.5, 0.6) is 0 Å². The van der Waals surface area contributed by atoms with E-state index < -0.39 is 0 Å². The zero-order chi connectivity index (χ0) is 15.3. The van der Waals surface area contributed by atoms with Gasteiger partial charge in [-0.05, 0) is 26.3 Å². The largest absolute Gasteiger partial charge is 0.309 e. The van der Waals surface area contributed by atoms with Crippen LogP contribution in [0.1, 0.15) is 89.1 Å². The summed E-state index contributed by atoms with van der Waals surface area (Å²) < 4.78 is 0. The van der Waals surface area contributed by atoms with Crippen molar-refractivity contribution in [3.05, 3.63) is 23.8 Å². The average Bonchev–Trinajstić information content (AvgIpc) is 2.50. The molecule has 120 valence electrons. The Morgan fingerprint density at radius 1 is 0.905 bits per heavy atom. The number of hydrogen-bond donors (Lipinski definition) is 1. The summed E-state index contributed by atoms with van der Waals surface area (Å²) in [5.74, 6) is 0. The molecule has 1 atom stereocenters. The van der Waals surface area contributed by atoms with E-state index in [1.807, 2.05) is 19.3 Å². The van der Waals surface area contributed by atoms with Gasteiger partial charge in [0.05, 0.1) is 23.6 Å². The van der Waals surface area contributed by atoms with Crippen molar-refractivity contribution in [3.8, 4) is 0 Å². The second-order valence-electron chi connectivity index (χ2n) is 6.00. The van der Waals surface area contributed by atoms with Gasteiger partial charge in [-0.3, -0.25) is 9.97 Å². The topological polar surface area (TPSA) is 37.8 Å². The molecule has 0 aliphatic heterocycles. The molecule has 0 bridgehead atoms. The molecule has 1 heterocycles. The Kier molecular flexibility index (Phi) is 10.1. The van der Waals surface area contributed by atoms with Gasteiger partial charge in [0.25, 0.3) is 0 Å². The zero-order valence-electron chi connectivity index (χ0n) is 14.2. The second-order valence-corrected chi connectivity index (χ2v) is 6.00. The lowest BCUT2D eigenvalue weighted by molar-refractivity contribution is 0.456. The first-order chi connectivity index (χ1) is 10.3. The Labute approximate surface area is 131 Å². The van der Waals surface area contributed by atoms with Gasteiger partial charge in [0, 0.05) is 6.20 Å². The minimum Gasteiger partial charge on any atom is -0.309 e. The molecule has 3 heteroatoms. The van der Waals surface area contributed by atoms with Crippen LogP contribution in [0.25, 0.3) is 0 Å². The number of aryl methyl sites for hydroxylation is 1. The van der Waals surface area contributed by atoms with Gasteiger partial charge >= 0.3 is 0 Å². The summed E-state index contributed by atoms with van der Waals surface area (Å²) in [5, 5.41) is 3.61. The highest BCUT2D eigenvalue weighted by Gasteiger charge is 2.11. The molecule has 0 saturated heterocycles. The molecule has 0 fully saturated rings. The summed E-state index contributed by atoms with van der Waals surface area (Å²) >= 11 is 0. The molecular weight excluding hydrogens is 258 g/mol. The Balaban J connectivity index is 2.31. The summed E-state index contributed by atoms with van der Waals surface area (Å²) in [4.78, 5) is 8.93. The number of rotatable bonds is 12. The lowest BCUT2D eigenvalue weighted by atomic mass is 10.0. The van der Waals surface area contributed by atoms with E-state index in [2.05, 4.69) is 29.1 Å². The molecule has 0 aromatic carbocycles. The van der Waals surface area contributed by atoms with Crippen molar-refractivity contribution in [3.63, 3.8) is 0 Å². The maximum Gasteiger partial charge on any atom is 0.0756 e. The fourth-order valence-corrected chi connectivity index (χ4v) is 2.56. The first kappa shape index (κ1) is 18.1. The van der Waals surface area contributed by atoms with Crippen LogP contribution in [-0.2, 0) is 0 Å². The van der Waals surface area contributed by atoms with Crippen LogP contribution in [-0.4, -0.2) is 16.5 Å². The standard InChI is InChI=1S/C18H33N3/c1-4-6-7-8-9-10-11-12-17(19-13-5-2)18-15-20-16(3)14-21-18/h14-15,17,19H,4-13H2,1-3H3. The van der Waals surface area contributed by atoms with Crippen LogP contribution >= 0.6 is 0 Å². The highest BCUT2D eigenvalue weighted by atomic mass is 14.9. The van der Waals surface area contributed by atoms with Crippen molar-refractivity contribution in [1.82, 2.24) is 15.3 Å². The highest BCUT2D eigenvalue weighted by molar-refractivity contribution is 5.05. The smallest absolute Gasteiger partial charge is 0.0756 e. The van der Waals surface area contributed by atoms with Crippen LogP contribution < -0.4 is 5.32 Å². The first-order valence-electron chi connectivity index (χ1n) is 8.79. The Hall–Kier alpha value is -0.960. The van der Waals surface area contributed by atoms with Crippen LogP contribution in [0.2, 0.25) is 0 Å². The third kappa shape index (κ3) is 8.15. The van der Waals surface area contributed by atoms with E-state index in [1.54, 1.807) is 0 Å². The molecule has 0 amide bonds. The lowest BCUT2D eigenvalue weighted by Crippen LogP contribution is -2.23. The molecule has 1 rings (SSSR count). The number of nitrogens with one attached hydrogen (secondary N) is 1. The minimum atomic E-state index is 0.369. The van der Waals surface area contributed by atoms with Gasteiger partial charge in [0.15, 0.2) is 0 Å². The van der Waals surface area contributed by atoms with Gasteiger partial charge in [0.1, 0.15) is 0 Å². The maximum atomic E-state index is 4.55. The van der Waals surface area contributed by atoms with Gasteiger partial charge in [-0.15, -0.1) is 0 Å². The van der Waals surface area contributed by atoms with Crippen molar-refractivity contribution in [2.45, 2.75) is 84.6 Å². The molecule has 1 aromatic heterocycles. The van der Waals surface area contributed by atoms with E-state index in [9.17, 15) is 0 Å². The van der Waals surface area contributed by atoms with Gasteiger partial charge in [-0.25, -0.2) is 0 Å². The molecule has 0 aliphatic carbocycles. The minimum absolute atomic E-state index is 0.369. The fraction of sp³-hybridized carbons (Fsp3) is 0.778. The summed E-state index contributed by atoms with van der Waals surface area (Å²) in [6, 6.07) is 0.369. The average molecular weight is 291 g/mol. The van der Waals surface area contributed by atoms with Crippen molar-refractivity contribution in [2.75, 3.05) is 6.54 Å². The SMILES string of the molecule is CCCCCCCCCC(NCCC)c1cnc(C)cn1. The van der Waals surface area contributed by atoms with Gasteiger partial charge in [0.2, 0.25) is 0 Å². The predicted molar refractivity (Wildman–Crippen MR) is 90.4 cm³/mol. The van der Waals surface area contributed by atoms with E-state index >= 15 is 0 Å². The predicted octanol–water partition coefficient (Wildman–Crippen LogP) is 4.97. The number of aromatic nitrogens is 2. The third-order valence-electron chi connectivity index (χ3n) is 3.90. The number of hydrogen-bond acceptors (Lipinski definition) is 3. The molecule has 1 N–H and O–H groups in total. The van der Waals surface area contributed by atoms with Crippen molar-refractivity contribution in [2.24, 2.45) is 0 Å². The van der Waals surface area contributed by atoms with Gasteiger partial charge in [-0.1, -0.05) is 58.8 Å². The van der Waals surface area contributed by atoms with Crippen LogP contribution in [0.3, 0.4) is 0 Å². The molecule has 0 spiro atoms. The van der Waals surface area contributed by atoms with E-state index in [0.717, 1.165) is 24.4 Å². The van der Waals surface area contributed by atoms with E-state index in [-0.39, 0.29) is 0 Å². The van der Waals surface area contributed by atoms with Gasteiger partial charge < -0.3 is 5.32 Å². The molecule has 1 aromatic rings. The van der Waals surface area contributed by atoms with E-state index in [1.165, 1.54) is 51.4 Å². The van der Waals surface area contributed by atoms with E-state index in [0.29, 0.717) is 6.04 Å². The molecular formula is C18H33N3. The quantitative estimate of drug-likeness (QED) is 0.553. The monoisotopic (exact) mass is 291 g/mol. The number of nitrogens with zero attached hydrogens (tertiary/aromatic N) is 2. The van der Waals surface area contributed by atoms with Crippen molar-refractivity contribution >= 4 is 0 Å². The van der Waals surface area contributed by atoms with Crippen LogP contribution in [0.4, 0.5) is 0 Å². The maximum absolute atomic E-state index is 4.55. The zero-order valence-corrected chi connectivity index (χ0v) is 14.2. The molecule has 21 heavy (non-hydrogen) atoms. The normalized spacial score (nSPS) is 12.5. The summed E-state index contributed by atoms with van der Waals surface area (Å²) in [6.07, 6.45) is 15.6. The highest BCUT2D eigenvalue weighted by Crippen LogP contribution is 2.18. The molecule has 3 nitrogen and oxygen atoms in total. The molecule has 1 unspecified atom stereocenters. The third-order valence-corrected chi connectivity index (χ3v) is 3.90. The lowest BCUT2D eigenvalue weighted by Gasteiger charge is -2.17. The van der Waals surface area contributed by atoms with Crippen LogP contribution in [0.15, 0.2) is 12.4 Å². The van der Waals surface area contributed by atoms with Crippen molar-refractivity contribution < 1.29 is 0 Å². The van der Waals surface area contributed by atoms with Gasteiger partial charge in [-0.2, -0.15) is 0 Å². The first-order valence-corrected chi connectivity index (χ1v) is 8.79. The molecule has 0 radical (unpaired) electrons. The summed E-state index contributed by atoms with van der Waals surface area (Å²) in [5.41, 5.74) is 2.09. The van der Waals surface area contributed by atoms with Crippen LogP contribution in [0, 0.1) is 6.92 Å². The molecule has 0 aliphatic rings.